The fraction of sp³-hybridized carbons (Fsp3) is 0.333. The maximum atomic E-state index is 16.5. The van der Waals surface area contributed by atoms with Gasteiger partial charge in [0.05, 0.1) is 16.7 Å². The van der Waals surface area contributed by atoms with Crippen molar-refractivity contribution < 1.29 is 65.5 Å². The molecule has 3 aliphatic carbocycles. The summed E-state index contributed by atoms with van der Waals surface area (Å²) in [6.07, 6.45) is 8.75. The van der Waals surface area contributed by atoms with Crippen LogP contribution in [0.15, 0.2) is 140 Å². The van der Waals surface area contributed by atoms with Gasteiger partial charge >= 0.3 is 23.7 Å². The molecule has 0 radical (unpaired) electrons. The minimum absolute atomic E-state index is 0. The van der Waals surface area contributed by atoms with Gasteiger partial charge in [0.2, 0.25) is 0 Å². The molecule has 0 saturated heterocycles. The van der Waals surface area contributed by atoms with Crippen molar-refractivity contribution in [2.75, 3.05) is 0 Å². The average Bonchev–Trinajstić information content (AvgIpc) is 0.947. The fourth-order valence-corrected chi connectivity index (χ4v) is 13.4. The molecule has 7 aromatic carbocycles. The Labute approximate surface area is 510 Å². The Hall–Kier alpha value is -7.11. The summed E-state index contributed by atoms with van der Waals surface area (Å²) in [5, 5.41) is 1.83. The van der Waals surface area contributed by atoms with E-state index < -0.39 is 34.8 Å². The van der Waals surface area contributed by atoms with Gasteiger partial charge in [-0.3, -0.25) is 4.57 Å². The fourth-order valence-electron chi connectivity index (χ4n) is 13.4. The normalized spacial score (nSPS) is 19.1. The zero-order valence-corrected chi connectivity index (χ0v) is 51.9. The molecule has 86 heavy (non-hydrogen) atoms. The van der Waals surface area contributed by atoms with Gasteiger partial charge < -0.3 is 13.9 Å². The van der Waals surface area contributed by atoms with Gasteiger partial charge in [0, 0.05) is 55.4 Å². The molecule has 0 spiro atoms. The number of benzene rings is 7. The first-order chi connectivity index (χ1) is 39.7. The second-order valence-electron chi connectivity index (χ2n) is 27.3. The standard InChI is InChI=1S/C72H64F8N4O.Pt/c1-64(2,3)44-28-33-81-62(36-44)84-58-21-13-12-18-50(58)51-25-24-47(38-59(51)84)85-46-17-14-16-45(37-46)82-41-83(61-40-57-56(39-60(61)82)69(73,74)71(77,78)72(79,80)70(57,75)76)63-48(42-22-26-52-54(34-42)67(8,9)31-29-65(52,4)5)19-15-20-49(63)43-23-27-53-55(35-43)68(10,11)32-30-66(53,6)7;/h12-28,33-36,39-40H,29-32H2,1-11H3;/q-2;. The number of hydrogen-bond donors (Lipinski definition) is 0. The van der Waals surface area contributed by atoms with Gasteiger partial charge in [-0.05, 0) is 144 Å². The number of ether oxygens (including phenoxy) is 1. The first-order valence-electron chi connectivity index (χ1n) is 28.9. The van der Waals surface area contributed by atoms with Gasteiger partial charge in [0.15, 0.2) is 0 Å². The summed E-state index contributed by atoms with van der Waals surface area (Å²) >= 11 is 0. The number of halogens is 8. The first-order valence-corrected chi connectivity index (χ1v) is 28.9. The molecule has 0 aliphatic heterocycles. The van der Waals surface area contributed by atoms with Crippen molar-refractivity contribution in [3.8, 4) is 50.9 Å². The number of alkyl halides is 8. The molecule has 10 aromatic rings. The number of pyridine rings is 1. The van der Waals surface area contributed by atoms with E-state index in [0.717, 1.165) is 69.8 Å². The molecule has 446 valence electrons. The molecule has 3 aliphatic rings. The summed E-state index contributed by atoms with van der Waals surface area (Å²) in [7, 11) is 0. The number of imidazole rings is 1. The van der Waals surface area contributed by atoms with E-state index in [-0.39, 0.29) is 76.4 Å². The zero-order chi connectivity index (χ0) is 60.6. The van der Waals surface area contributed by atoms with E-state index in [9.17, 15) is 0 Å². The summed E-state index contributed by atoms with van der Waals surface area (Å²) in [6, 6.07) is 46.1. The predicted molar refractivity (Wildman–Crippen MR) is 318 cm³/mol. The number of hydrogen-bond acceptors (Lipinski definition) is 2. The molecule has 0 amide bonds. The van der Waals surface area contributed by atoms with E-state index in [1.54, 1.807) is 30.5 Å². The van der Waals surface area contributed by atoms with Crippen LogP contribution in [0.1, 0.15) is 141 Å². The summed E-state index contributed by atoms with van der Waals surface area (Å²) in [5.41, 5.74) is 4.73. The zero-order valence-electron chi connectivity index (χ0n) is 49.6. The molecule has 5 nitrogen and oxygen atoms in total. The van der Waals surface area contributed by atoms with E-state index in [4.69, 9.17) is 9.72 Å². The minimum atomic E-state index is -6.49. The number of rotatable bonds is 7. The summed E-state index contributed by atoms with van der Waals surface area (Å²) in [5.74, 6) is -23.5. The topological polar surface area (TPSA) is 35.9 Å². The SMILES string of the molecule is CC(C)(C)c1ccnc(-n2c3[c-]c(Oc4[c-]c(-n5[c-][n+](-c6c(-c7ccc8c(c7)C(C)(C)CCC8(C)C)cccc6-c6ccc7c(c6)C(C)(C)CCC7(C)C)c6cc7c(cc65)C(F)(F)C(F)(F)C(F)(F)C7(F)F)ccc4)ccc3c3ccccc32)c1.[Pt]. The third kappa shape index (κ3) is 8.83. The molecule has 13 rings (SSSR count). The van der Waals surface area contributed by atoms with Crippen LogP contribution in [0.3, 0.4) is 0 Å². The molecule has 14 heteroatoms. The van der Waals surface area contributed by atoms with Crippen LogP contribution in [-0.2, 0) is 60.0 Å². The molecule has 0 unspecified atom stereocenters. The second kappa shape index (κ2) is 19.4. The minimum Gasteiger partial charge on any atom is -0.510 e. The van der Waals surface area contributed by atoms with Crippen molar-refractivity contribution in [1.82, 2.24) is 14.1 Å². The number of fused-ring (bicyclic) bond motifs is 7. The van der Waals surface area contributed by atoms with Crippen molar-refractivity contribution in [3.05, 3.63) is 197 Å². The van der Waals surface area contributed by atoms with E-state index >= 15 is 35.1 Å². The Morgan fingerprint density at radius 3 is 1.63 bits per heavy atom. The Kier molecular flexibility index (Phi) is 13.4. The molecule has 0 N–H and O–H groups in total. The third-order valence-corrected chi connectivity index (χ3v) is 18.9. The predicted octanol–water partition coefficient (Wildman–Crippen LogP) is 19.4. The van der Waals surface area contributed by atoms with E-state index in [1.165, 1.54) is 20.3 Å². The van der Waals surface area contributed by atoms with Crippen LogP contribution in [0.5, 0.6) is 11.5 Å². The Morgan fingerprint density at radius 2 is 1.05 bits per heavy atom. The maximum Gasteiger partial charge on any atom is 0.382 e. The molecule has 3 heterocycles. The molecular formula is C72H64F8N4OPt-2. The van der Waals surface area contributed by atoms with E-state index in [1.807, 2.05) is 77.4 Å². The Morgan fingerprint density at radius 1 is 0.512 bits per heavy atom. The number of aromatic nitrogens is 4. The largest absolute Gasteiger partial charge is 0.510 e. The van der Waals surface area contributed by atoms with Gasteiger partial charge in [0.25, 0.3) is 6.33 Å². The van der Waals surface area contributed by atoms with Gasteiger partial charge in [-0.25, -0.2) is 4.98 Å². The van der Waals surface area contributed by atoms with Crippen molar-refractivity contribution in [3.63, 3.8) is 0 Å². The first kappa shape index (κ1) is 59.2. The van der Waals surface area contributed by atoms with Crippen LogP contribution < -0.4 is 9.30 Å². The number of para-hydroxylation sites is 2. The summed E-state index contributed by atoms with van der Waals surface area (Å²) in [6.45, 7) is 24.0. The van der Waals surface area contributed by atoms with Gasteiger partial charge in [-0.2, -0.15) is 53.3 Å². The van der Waals surface area contributed by atoms with Gasteiger partial charge in [-0.1, -0.05) is 154 Å². The third-order valence-electron chi connectivity index (χ3n) is 18.9. The van der Waals surface area contributed by atoms with Crippen LogP contribution >= 0.6 is 0 Å². The van der Waals surface area contributed by atoms with Crippen LogP contribution in [0.2, 0.25) is 0 Å². The molecule has 0 atom stereocenters. The number of nitrogens with zero attached hydrogens (tertiary/aromatic N) is 4. The van der Waals surface area contributed by atoms with Crippen LogP contribution in [0, 0.1) is 18.5 Å². The van der Waals surface area contributed by atoms with Gasteiger partial charge in [-0.15, -0.1) is 29.7 Å². The molecule has 0 saturated carbocycles. The molecule has 3 aromatic heterocycles. The molecular weight excluding hydrogens is 1280 g/mol. The average molecular weight is 1350 g/mol. The Balaban J connectivity index is 0.00000724. The maximum absolute atomic E-state index is 16.5. The van der Waals surface area contributed by atoms with Crippen molar-refractivity contribution in [2.24, 2.45) is 0 Å². The monoisotopic (exact) mass is 1350 g/mol. The summed E-state index contributed by atoms with van der Waals surface area (Å²) in [4.78, 5) is 4.78. The van der Waals surface area contributed by atoms with E-state index in [2.05, 4.69) is 119 Å². The van der Waals surface area contributed by atoms with Gasteiger partial charge in [0.1, 0.15) is 5.82 Å². The Bertz CT molecular complexity index is 4330. The van der Waals surface area contributed by atoms with E-state index in [0.29, 0.717) is 40.3 Å². The van der Waals surface area contributed by atoms with Crippen molar-refractivity contribution in [1.29, 1.82) is 0 Å². The second-order valence-corrected chi connectivity index (χ2v) is 27.3. The summed E-state index contributed by atoms with van der Waals surface area (Å²) < 4.78 is 139. The van der Waals surface area contributed by atoms with Crippen molar-refractivity contribution >= 4 is 32.8 Å². The quantitative estimate of drug-likeness (QED) is 0.0906. The molecule has 0 bridgehead atoms. The van der Waals surface area contributed by atoms with Crippen LogP contribution in [-0.4, -0.2) is 26.0 Å². The van der Waals surface area contributed by atoms with Crippen LogP contribution in [0.4, 0.5) is 35.1 Å². The van der Waals surface area contributed by atoms with Crippen LogP contribution in [0.25, 0.3) is 72.3 Å². The molecule has 0 fully saturated rings. The van der Waals surface area contributed by atoms with Crippen molar-refractivity contribution in [2.45, 2.75) is 153 Å². The smallest absolute Gasteiger partial charge is 0.382 e.